The van der Waals surface area contributed by atoms with Crippen LogP contribution in [0.1, 0.15) is 30.9 Å². The number of fused-ring (bicyclic) bond motifs is 1. The highest BCUT2D eigenvalue weighted by molar-refractivity contribution is 5.51. The summed E-state index contributed by atoms with van der Waals surface area (Å²) in [7, 11) is 0. The highest BCUT2D eigenvalue weighted by Gasteiger charge is 2.17. The number of nitrogens with two attached hydrogens (primary N) is 1. The Morgan fingerprint density at radius 2 is 2.00 bits per heavy atom. The molecule has 0 spiro atoms. The highest BCUT2D eigenvalue weighted by Crippen LogP contribution is 2.36. The minimum atomic E-state index is 0.655. The van der Waals surface area contributed by atoms with Crippen LogP contribution in [0.15, 0.2) is 12.1 Å². The molecule has 1 heterocycles. The lowest BCUT2D eigenvalue weighted by Gasteiger charge is -2.22. The number of benzene rings is 1. The predicted octanol–water partition coefficient (Wildman–Crippen LogP) is 2.30. The molecule has 0 aromatic heterocycles. The van der Waals surface area contributed by atoms with Gasteiger partial charge in [0.1, 0.15) is 13.2 Å². The van der Waals surface area contributed by atoms with Crippen LogP contribution in [-0.4, -0.2) is 19.8 Å². The van der Waals surface area contributed by atoms with E-state index < -0.39 is 0 Å². The van der Waals surface area contributed by atoms with Crippen LogP contribution in [0.25, 0.3) is 0 Å². The summed E-state index contributed by atoms with van der Waals surface area (Å²) in [5.41, 5.74) is 8.21. The van der Waals surface area contributed by atoms with Crippen LogP contribution in [0.2, 0.25) is 0 Å². The van der Waals surface area contributed by atoms with Crippen molar-refractivity contribution in [3.05, 3.63) is 23.3 Å². The SMILES string of the molecule is CCc1c(CCCCN)ccc2c1OCCO2. The monoisotopic (exact) mass is 235 g/mol. The second-order valence-electron chi connectivity index (χ2n) is 4.33. The molecular weight excluding hydrogens is 214 g/mol. The molecule has 17 heavy (non-hydrogen) atoms. The molecular formula is C14H21NO2. The smallest absolute Gasteiger partial charge is 0.164 e. The minimum absolute atomic E-state index is 0.655. The van der Waals surface area contributed by atoms with Gasteiger partial charge < -0.3 is 15.2 Å². The number of rotatable bonds is 5. The molecule has 0 atom stereocenters. The lowest BCUT2D eigenvalue weighted by Crippen LogP contribution is -2.17. The molecule has 94 valence electrons. The maximum atomic E-state index is 5.74. The van der Waals surface area contributed by atoms with Crippen molar-refractivity contribution in [3.63, 3.8) is 0 Å². The molecule has 0 aliphatic carbocycles. The van der Waals surface area contributed by atoms with Gasteiger partial charge in [0.2, 0.25) is 0 Å². The van der Waals surface area contributed by atoms with Crippen LogP contribution in [0.3, 0.4) is 0 Å². The Hall–Kier alpha value is -1.22. The maximum absolute atomic E-state index is 5.74. The van der Waals surface area contributed by atoms with Crippen molar-refractivity contribution in [1.29, 1.82) is 0 Å². The van der Waals surface area contributed by atoms with Gasteiger partial charge in [-0.05, 0) is 43.9 Å². The van der Waals surface area contributed by atoms with Crippen molar-refractivity contribution < 1.29 is 9.47 Å². The molecule has 3 nitrogen and oxygen atoms in total. The first-order chi connectivity index (χ1) is 8.36. The van der Waals surface area contributed by atoms with E-state index in [1.807, 2.05) is 6.07 Å². The van der Waals surface area contributed by atoms with E-state index in [0.717, 1.165) is 43.7 Å². The van der Waals surface area contributed by atoms with Gasteiger partial charge >= 0.3 is 0 Å². The van der Waals surface area contributed by atoms with Crippen LogP contribution in [0.5, 0.6) is 11.5 Å². The molecule has 1 aromatic rings. The molecule has 0 bridgehead atoms. The molecule has 0 saturated heterocycles. The van der Waals surface area contributed by atoms with E-state index in [1.165, 1.54) is 11.1 Å². The van der Waals surface area contributed by atoms with Gasteiger partial charge in [-0.2, -0.15) is 0 Å². The Kier molecular flexibility index (Phi) is 4.26. The average molecular weight is 235 g/mol. The van der Waals surface area contributed by atoms with E-state index in [-0.39, 0.29) is 0 Å². The van der Waals surface area contributed by atoms with Crippen molar-refractivity contribution in [1.82, 2.24) is 0 Å². The molecule has 0 unspecified atom stereocenters. The second kappa shape index (κ2) is 5.92. The Labute approximate surface area is 103 Å². The van der Waals surface area contributed by atoms with E-state index in [1.54, 1.807) is 0 Å². The Morgan fingerprint density at radius 1 is 1.18 bits per heavy atom. The lowest BCUT2D eigenvalue weighted by molar-refractivity contribution is 0.170. The van der Waals surface area contributed by atoms with Gasteiger partial charge in [0.25, 0.3) is 0 Å². The summed E-state index contributed by atoms with van der Waals surface area (Å²) in [5, 5.41) is 0. The fraction of sp³-hybridized carbons (Fsp3) is 0.571. The van der Waals surface area contributed by atoms with E-state index in [2.05, 4.69) is 13.0 Å². The van der Waals surface area contributed by atoms with Gasteiger partial charge in [0.15, 0.2) is 11.5 Å². The minimum Gasteiger partial charge on any atom is -0.486 e. The molecule has 0 amide bonds. The summed E-state index contributed by atoms with van der Waals surface area (Å²) in [6.45, 7) is 4.25. The molecule has 2 N–H and O–H groups in total. The topological polar surface area (TPSA) is 44.5 Å². The summed E-state index contributed by atoms with van der Waals surface area (Å²) < 4.78 is 11.3. The van der Waals surface area contributed by atoms with Crippen molar-refractivity contribution >= 4 is 0 Å². The first kappa shape index (κ1) is 12.2. The highest BCUT2D eigenvalue weighted by atomic mass is 16.6. The second-order valence-corrected chi connectivity index (χ2v) is 4.33. The largest absolute Gasteiger partial charge is 0.486 e. The van der Waals surface area contributed by atoms with E-state index in [9.17, 15) is 0 Å². The zero-order chi connectivity index (χ0) is 12.1. The predicted molar refractivity (Wildman–Crippen MR) is 68.8 cm³/mol. The molecule has 1 aliphatic heterocycles. The normalized spacial score (nSPS) is 13.8. The van der Waals surface area contributed by atoms with Gasteiger partial charge in [0.05, 0.1) is 0 Å². The van der Waals surface area contributed by atoms with E-state index in [0.29, 0.717) is 13.2 Å². The van der Waals surface area contributed by atoms with Gasteiger partial charge in [0, 0.05) is 5.56 Å². The molecule has 0 radical (unpaired) electrons. The molecule has 3 heteroatoms. The van der Waals surface area contributed by atoms with Crippen molar-refractivity contribution in [2.24, 2.45) is 5.73 Å². The van der Waals surface area contributed by atoms with Gasteiger partial charge in [-0.25, -0.2) is 0 Å². The van der Waals surface area contributed by atoms with Crippen LogP contribution >= 0.6 is 0 Å². The van der Waals surface area contributed by atoms with Crippen molar-refractivity contribution in [2.45, 2.75) is 32.6 Å². The van der Waals surface area contributed by atoms with Gasteiger partial charge in [-0.15, -0.1) is 0 Å². The van der Waals surface area contributed by atoms with Crippen LogP contribution in [0.4, 0.5) is 0 Å². The summed E-state index contributed by atoms with van der Waals surface area (Å²) in [4.78, 5) is 0. The third-order valence-electron chi connectivity index (χ3n) is 3.16. The van der Waals surface area contributed by atoms with E-state index in [4.69, 9.17) is 15.2 Å². The summed E-state index contributed by atoms with van der Waals surface area (Å²) >= 11 is 0. The average Bonchev–Trinajstić information content (AvgIpc) is 2.38. The zero-order valence-corrected chi connectivity index (χ0v) is 10.5. The quantitative estimate of drug-likeness (QED) is 0.796. The summed E-state index contributed by atoms with van der Waals surface area (Å²) in [5.74, 6) is 1.86. The van der Waals surface area contributed by atoms with Crippen LogP contribution in [-0.2, 0) is 12.8 Å². The number of aryl methyl sites for hydroxylation is 1. The van der Waals surface area contributed by atoms with Gasteiger partial charge in [-0.3, -0.25) is 0 Å². The zero-order valence-electron chi connectivity index (χ0n) is 10.5. The van der Waals surface area contributed by atoms with Crippen LogP contribution < -0.4 is 15.2 Å². The number of unbranched alkanes of at least 4 members (excludes halogenated alkanes) is 1. The molecule has 2 rings (SSSR count). The molecule has 1 aliphatic rings. The third-order valence-corrected chi connectivity index (χ3v) is 3.16. The number of hydrogen-bond acceptors (Lipinski definition) is 3. The fourth-order valence-corrected chi connectivity index (χ4v) is 2.30. The number of hydrogen-bond donors (Lipinski definition) is 1. The van der Waals surface area contributed by atoms with Crippen molar-refractivity contribution in [2.75, 3.05) is 19.8 Å². The van der Waals surface area contributed by atoms with Crippen LogP contribution in [0, 0.1) is 0 Å². The Morgan fingerprint density at radius 3 is 2.76 bits per heavy atom. The molecule has 0 saturated carbocycles. The first-order valence-corrected chi connectivity index (χ1v) is 6.47. The first-order valence-electron chi connectivity index (χ1n) is 6.47. The van der Waals surface area contributed by atoms with E-state index >= 15 is 0 Å². The standard InChI is InChI=1S/C14H21NO2/c1-2-12-11(5-3-4-8-15)6-7-13-14(12)17-10-9-16-13/h6-7H,2-5,8-10,15H2,1H3. The molecule has 0 fully saturated rings. The third kappa shape index (κ3) is 2.72. The summed E-state index contributed by atoms with van der Waals surface area (Å²) in [6, 6.07) is 4.20. The fourth-order valence-electron chi connectivity index (χ4n) is 2.30. The summed E-state index contributed by atoms with van der Waals surface area (Å²) in [6.07, 6.45) is 4.29. The number of ether oxygens (including phenoxy) is 2. The lowest BCUT2D eigenvalue weighted by atomic mass is 9.98. The Balaban J connectivity index is 2.20. The Bertz CT molecular complexity index is 377. The molecule has 1 aromatic carbocycles. The van der Waals surface area contributed by atoms with Crippen molar-refractivity contribution in [3.8, 4) is 11.5 Å². The van der Waals surface area contributed by atoms with Gasteiger partial charge in [-0.1, -0.05) is 13.0 Å². The maximum Gasteiger partial charge on any atom is 0.164 e.